The molecule has 1 saturated heterocycles. The number of ether oxygens (including phenoxy) is 1. The van der Waals surface area contributed by atoms with Crippen molar-refractivity contribution in [3.63, 3.8) is 0 Å². The van der Waals surface area contributed by atoms with Crippen molar-refractivity contribution in [2.45, 2.75) is 42.8 Å². The molecule has 0 radical (unpaired) electrons. The molecule has 170 valence electrons. The van der Waals surface area contributed by atoms with Gasteiger partial charge in [-0.25, -0.2) is 8.42 Å². The molecule has 9 heteroatoms. The van der Waals surface area contributed by atoms with Gasteiger partial charge >= 0.3 is 0 Å². The molecule has 2 aromatic carbocycles. The lowest BCUT2D eigenvalue weighted by Crippen LogP contribution is -2.70. The summed E-state index contributed by atoms with van der Waals surface area (Å²) < 4.78 is 32.9. The van der Waals surface area contributed by atoms with Crippen LogP contribution in [0.4, 0.5) is 0 Å². The van der Waals surface area contributed by atoms with Crippen molar-refractivity contribution in [2.75, 3.05) is 20.2 Å². The summed E-state index contributed by atoms with van der Waals surface area (Å²) in [6.45, 7) is 1.47. The molecule has 2 amide bonds. The highest BCUT2D eigenvalue weighted by Gasteiger charge is 2.54. The summed E-state index contributed by atoms with van der Waals surface area (Å²) in [5.74, 6) is -0.102. The van der Waals surface area contributed by atoms with E-state index in [-0.39, 0.29) is 36.5 Å². The largest absolute Gasteiger partial charge is 0.496 e. The molecule has 2 fully saturated rings. The van der Waals surface area contributed by atoms with Gasteiger partial charge in [0.1, 0.15) is 11.3 Å². The first kappa shape index (κ1) is 22.3. The summed E-state index contributed by atoms with van der Waals surface area (Å²) in [5, 5.41) is 2.89. The standard InChI is InChI=1S/C23H27N3O5S/c1-23(22(28)24-14-17-8-6-7-11-20(17)31-2)16-25(15-21(27)26(23)18-12-13-18)32(29,30)19-9-4-3-5-10-19/h3-11,18H,12-16H2,1-2H3,(H,24,28)/t23-/m0/s1. The smallest absolute Gasteiger partial charge is 0.247 e. The Morgan fingerprint density at radius 1 is 1.12 bits per heavy atom. The van der Waals surface area contributed by atoms with Crippen molar-refractivity contribution in [3.05, 3.63) is 60.2 Å². The molecule has 1 heterocycles. The maximum absolute atomic E-state index is 13.4. The van der Waals surface area contributed by atoms with Crippen molar-refractivity contribution >= 4 is 21.8 Å². The molecule has 1 saturated carbocycles. The predicted octanol–water partition coefficient (Wildman–Crippen LogP) is 1.77. The number of carbonyl (C=O) groups is 2. The first-order valence-electron chi connectivity index (χ1n) is 10.5. The average Bonchev–Trinajstić information content (AvgIpc) is 3.62. The van der Waals surface area contributed by atoms with Gasteiger partial charge in [-0.1, -0.05) is 36.4 Å². The molecule has 0 bridgehead atoms. The van der Waals surface area contributed by atoms with Gasteiger partial charge in [-0.05, 0) is 38.0 Å². The molecule has 0 aromatic heterocycles. The Hall–Kier alpha value is -2.91. The van der Waals surface area contributed by atoms with Crippen LogP contribution in [-0.2, 0) is 26.2 Å². The number of hydrogen-bond acceptors (Lipinski definition) is 5. The van der Waals surface area contributed by atoms with Gasteiger partial charge in [0.05, 0.1) is 18.6 Å². The van der Waals surface area contributed by atoms with E-state index in [0.717, 1.165) is 22.7 Å². The number of amides is 2. The summed E-state index contributed by atoms with van der Waals surface area (Å²) in [4.78, 5) is 28.2. The quantitative estimate of drug-likeness (QED) is 0.684. The zero-order valence-electron chi connectivity index (χ0n) is 18.2. The molecule has 1 N–H and O–H groups in total. The van der Waals surface area contributed by atoms with E-state index in [1.165, 1.54) is 12.1 Å². The van der Waals surface area contributed by atoms with Crippen molar-refractivity contribution < 1.29 is 22.7 Å². The third-order valence-corrected chi connectivity index (χ3v) is 7.82. The number of carbonyl (C=O) groups excluding carboxylic acids is 2. The number of para-hydroxylation sites is 1. The van der Waals surface area contributed by atoms with Crippen LogP contribution in [0.2, 0.25) is 0 Å². The van der Waals surface area contributed by atoms with Gasteiger partial charge in [0, 0.05) is 24.7 Å². The maximum Gasteiger partial charge on any atom is 0.247 e. The highest BCUT2D eigenvalue weighted by atomic mass is 32.2. The molecule has 8 nitrogen and oxygen atoms in total. The average molecular weight is 458 g/mol. The Bertz CT molecular complexity index is 1120. The third kappa shape index (κ3) is 4.10. The molecule has 2 aliphatic rings. The van der Waals surface area contributed by atoms with E-state index >= 15 is 0 Å². The fourth-order valence-corrected chi connectivity index (χ4v) is 5.73. The number of rotatable bonds is 7. The van der Waals surface area contributed by atoms with Crippen molar-refractivity contribution in [1.29, 1.82) is 0 Å². The normalized spacial score (nSPS) is 21.9. The second kappa shape index (κ2) is 8.55. The predicted molar refractivity (Wildman–Crippen MR) is 118 cm³/mol. The number of piperazine rings is 1. The molecular weight excluding hydrogens is 430 g/mol. The van der Waals surface area contributed by atoms with E-state index in [4.69, 9.17) is 4.74 Å². The van der Waals surface area contributed by atoms with Crippen LogP contribution in [-0.4, -0.2) is 61.2 Å². The van der Waals surface area contributed by atoms with Gasteiger partial charge in [-0.3, -0.25) is 9.59 Å². The van der Waals surface area contributed by atoms with Crippen LogP contribution < -0.4 is 10.1 Å². The van der Waals surface area contributed by atoms with E-state index in [1.807, 2.05) is 18.2 Å². The molecule has 0 unspecified atom stereocenters. The van der Waals surface area contributed by atoms with Gasteiger partial charge in [-0.2, -0.15) is 4.31 Å². The molecule has 4 rings (SSSR count). The van der Waals surface area contributed by atoms with Crippen LogP contribution in [0.25, 0.3) is 0 Å². The Morgan fingerprint density at radius 3 is 2.44 bits per heavy atom. The minimum absolute atomic E-state index is 0.0360. The topological polar surface area (TPSA) is 96.0 Å². The van der Waals surface area contributed by atoms with Gasteiger partial charge in [0.15, 0.2) is 0 Å². The van der Waals surface area contributed by atoms with Crippen molar-refractivity contribution in [3.8, 4) is 5.75 Å². The highest BCUT2D eigenvalue weighted by molar-refractivity contribution is 7.89. The van der Waals surface area contributed by atoms with E-state index in [1.54, 1.807) is 43.2 Å². The Labute approximate surface area is 188 Å². The lowest BCUT2D eigenvalue weighted by atomic mass is 9.95. The lowest BCUT2D eigenvalue weighted by Gasteiger charge is -2.47. The van der Waals surface area contributed by atoms with Gasteiger partial charge < -0.3 is 15.0 Å². The van der Waals surface area contributed by atoms with Crippen LogP contribution >= 0.6 is 0 Å². The fraction of sp³-hybridized carbons (Fsp3) is 0.391. The summed E-state index contributed by atoms with van der Waals surface area (Å²) in [5.41, 5.74) is -0.527. The maximum atomic E-state index is 13.4. The lowest BCUT2D eigenvalue weighted by molar-refractivity contribution is -0.153. The van der Waals surface area contributed by atoms with Crippen LogP contribution in [0.15, 0.2) is 59.5 Å². The first-order valence-corrected chi connectivity index (χ1v) is 12.0. The molecule has 32 heavy (non-hydrogen) atoms. The van der Waals surface area contributed by atoms with Crippen molar-refractivity contribution in [1.82, 2.24) is 14.5 Å². The fourth-order valence-electron chi connectivity index (χ4n) is 4.22. The molecule has 2 aromatic rings. The SMILES string of the molecule is COc1ccccc1CNC(=O)[C@]1(C)CN(S(=O)(=O)c2ccccc2)CC(=O)N1C1CC1. The van der Waals surface area contributed by atoms with Gasteiger partial charge in [0.2, 0.25) is 21.8 Å². The monoisotopic (exact) mass is 457 g/mol. The number of hydrogen-bond donors (Lipinski definition) is 1. The van der Waals surface area contributed by atoms with E-state index in [2.05, 4.69) is 5.32 Å². The van der Waals surface area contributed by atoms with Crippen LogP contribution in [0.3, 0.4) is 0 Å². The van der Waals surface area contributed by atoms with E-state index in [0.29, 0.717) is 5.75 Å². The summed E-state index contributed by atoms with van der Waals surface area (Å²) in [7, 11) is -2.36. The van der Waals surface area contributed by atoms with Crippen LogP contribution in [0.5, 0.6) is 5.75 Å². The first-order chi connectivity index (χ1) is 15.3. The second-order valence-electron chi connectivity index (χ2n) is 8.35. The van der Waals surface area contributed by atoms with E-state index in [9.17, 15) is 18.0 Å². The van der Waals surface area contributed by atoms with Crippen LogP contribution in [0.1, 0.15) is 25.3 Å². The molecule has 1 atom stereocenters. The number of benzene rings is 2. The molecule has 1 aliphatic carbocycles. The number of methoxy groups -OCH3 is 1. The zero-order chi connectivity index (χ0) is 22.9. The second-order valence-corrected chi connectivity index (χ2v) is 10.3. The van der Waals surface area contributed by atoms with Crippen LogP contribution in [0, 0.1) is 0 Å². The van der Waals surface area contributed by atoms with Gasteiger partial charge in [0.25, 0.3) is 0 Å². The number of sulfonamides is 1. The highest BCUT2D eigenvalue weighted by Crippen LogP contribution is 2.37. The summed E-state index contributed by atoms with van der Waals surface area (Å²) in [6, 6.07) is 15.3. The third-order valence-electron chi connectivity index (χ3n) is 6.01. The molecular formula is C23H27N3O5S. The molecule has 0 spiro atoms. The van der Waals surface area contributed by atoms with E-state index < -0.39 is 21.5 Å². The minimum atomic E-state index is -3.92. The number of nitrogens with one attached hydrogen (secondary N) is 1. The van der Waals surface area contributed by atoms with Crippen molar-refractivity contribution in [2.24, 2.45) is 0 Å². The minimum Gasteiger partial charge on any atom is -0.496 e. The Balaban J connectivity index is 1.61. The van der Waals surface area contributed by atoms with Gasteiger partial charge in [-0.15, -0.1) is 0 Å². The molecule has 1 aliphatic heterocycles. The Kier molecular flexibility index (Phi) is 5.96. The zero-order valence-corrected chi connectivity index (χ0v) is 19.0. The Morgan fingerprint density at radius 2 is 1.78 bits per heavy atom. The summed E-state index contributed by atoms with van der Waals surface area (Å²) >= 11 is 0. The summed E-state index contributed by atoms with van der Waals surface area (Å²) in [6.07, 6.45) is 1.62. The number of nitrogens with zero attached hydrogens (tertiary/aromatic N) is 2.